The zero-order valence-corrected chi connectivity index (χ0v) is 6.64. The normalized spacial score (nSPS) is 47.0. The van der Waals surface area contributed by atoms with Gasteiger partial charge in [-0.05, 0) is 24.7 Å². The molecule has 0 unspecified atom stereocenters. The molecule has 0 saturated heterocycles. The number of fused-ring (bicyclic) bond motifs is 1. The van der Waals surface area contributed by atoms with Gasteiger partial charge in [0.15, 0.2) is 0 Å². The summed E-state index contributed by atoms with van der Waals surface area (Å²) in [5.41, 5.74) is 5.61. The van der Waals surface area contributed by atoms with E-state index in [1.807, 2.05) is 0 Å². The van der Waals surface area contributed by atoms with Crippen molar-refractivity contribution in [3.05, 3.63) is 0 Å². The van der Waals surface area contributed by atoms with Crippen molar-refractivity contribution in [2.45, 2.75) is 31.5 Å². The number of alkyl halides is 3. The lowest BCUT2D eigenvalue weighted by Gasteiger charge is -2.15. The number of nitrogens with two attached hydrogens (primary N) is 1. The van der Waals surface area contributed by atoms with Crippen LogP contribution in [-0.2, 0) is 0 Å². The standard InChI is InChI=1S/C8H12F3N/c9-8(10,11)7-4-2-1-3-5(12)6(4)7/h4-7H,1-3,12H2/t4-,5-,6-,7-/m1/s1. The van der Waals surface area contributed by atoms with Crippen molar-refractivity contribution >= 4 is 0 Å². The summed E-state index contributed by atoms with van der Waals surface area (Å²) in [5.74, 6) is -1.47. The summed E-state index contributed by atoms with van der Waals surface area (Å²) >= 11 is 0. The molecule has 4 heteroatoms. The second-order valence-corrected chi connectivity index (χ2v) is 3.90. The van der Waals surface area contributed by atoms with Crippen molar-refractivity contribution < 1.29 is 13.2 Å². The van der Waals surface area contributed by atoms with Gasteiger partial charge >= 0.3 is 6.18 Å². The van der Waals surface area contributed by atoms with Crippen LogP contribution in [0.15, 0.2) is 0 Å². The molecule has 0 heterocycles. The molecule has 1 nitrogen and oxygen atoms in total. The van der Waals surface area contributed by atoms with Crippen LogP contribution in [0.5, 0.6) is 0 Å². The van der Waals surface area contributed by atoms with Gasteiger partial charge in [0.25, 0.3) is 0 Å². The molecule has 2 aliphatic carbocycles. The van der Waals surface area contributed by atoms with E-state index in [-0.39, 0.29) is 17.9 Å². The Morgan fingerprint density at radius 1 is 1.17 bits per heavy atom. The largest absolute Gasteiger partial charge is 0.392 e. The molecule has 0 spiro atoms. The maximum Gasteiger partial charge on any atom is 0.392 e. The minimum atomic E-state index is -4.00. The van der Waals surface area contributed by atoms with Crippen LogP contribution in [0.1, 0.15) is 19.3 Å². The summed E-state index contributed by atoms with van der Waals surface area (Å²) in [4.78, 5) is 0. The van der Waals surface area contributed by atoms with E-state index in [4.69, 9.17) is 5.73 Å². The molecular weight excluding hydrogens is 167 g/mol. The van der Waals surface area contributed by atoms with Crippen LogP contribution in [0.2, 0.25) is 0 Å². The maximum absolute atomic E-state index is 12.3. The Labute approximate surface area is 69.1 Å². The smallest absolute Gasteiger partial charge is 0.327 e. The second-order valence-electron chi connectivity index (χ2n) is 3.90. The van der Waals surface area contributed by atoms with Gasteiger partial charge < -0.3 is 5.73 Å². The van der Waals surface area contributed by atoms with Crippen molar-refractivity contribution in [1.29, 1.82) is 0 Å². The molecule has 2 fully saturated rings. The second kappa shape index (κ2) is 2.37. The van der Waals surface area contributed by atoms with E-state index in [1.165, 1.54) is 0 Å². The lowest BCUT2D eigenvalue weighted by atomic mass is 9.96. The van der Waals surface area contributed by atoms with Crippen LogP contribution in [0.25, 0.3) is 0 Å². The molecule has 0 aromatic carbocycles. The molecule has 12 heavy (non-hydrogen) atoms. The van der Waals surface area contributed by atoms with Crippen molar-refractivity contribution in [2.75, 3.05) is 0 Å². The van der Waals surface area contributed by atoms with E-state index >= 15 is 0 Å². The predicted molar refractivity (Wildman–Crippen MR) is 38.4 cm³/mol. The fourth-order valence-corrected chi connectivity index (χ4v) is 2.60. The molecule has 2 aliphatic rings. The third-order valence-electron chi connectivity index (χ3n) is 3.18. The van der Waals surface area contributed by atoms with Gasteiger partial charge in [0.1, 0.15) is 0 Å². The van der Waals surface area contributed by atoms with E-state index in [2.05, 4.69) is 0 Å². The summed E-state index contributed by atoms with van der Waals surface area (Å²) in [6, 6.07) is -0.199. The highest BCUT2D eigenvalue weighted by atomic mass is 19.4. The third kappa shape index (κ3) is 1.13. The van der Waals surface area contributed by atoms with Crippen LogP contribution >= 0.6 is 0 Å². The summed E-state index contributed by atoms with van der Waals surface area (Å²) in [7, 11) is 0. The van der Waals surface area contributed by atoms with E-state index in [0.717, 1.165) is 19.3 Å². The Hall–Kier alpha value is -0.250. The summed E-state index contributed by atoms with van der Waals surface area (Å²) < 4.78 is 36.8. The molecule has 70 valence electrons. The van der Waals surface area contributed by atoms with Crippen molar-refractivity contribution in [3.8, 4) is 0 Å². The number of rotatable bonds is 0. The molecule has 0 amide bonds. The highest BCUT2D eigenvalue weighted by Crippen LogP contribution is 2.61. The lowest BCUT2D eigenvalue weighted by molar-refractivity contribution is -0.154. The number of halogens is 3. The summed E-state index contributed by atoms with van der Waals surface area (Å²) in [6.07, 6.45) is -1.64. The third-order valence-corrected chi connectivity index (χ3v) is 3.18. The van der Waals surface area contributed by atoms with E-state index in [0.29, 0.717) is 0 Å². The molecule has 2 rings (SSSR count). The zero-order chi connectivity index (χ0) is 8.93. The molecule has 0 aliphatic heterocycles. The topological polar surface area (TPSA) is 26.0 Å². The van der Waals surface area contributed by atoms with Gasteiger partial charge in [-0.3, -0.25) is 0 Å². The average Bonchev–Trinajstić information content (AvgIpc) is 2.60. The summed E-state index contributed by atoms with van der Waals surface area (Å²) in [6.45, 7) is 0. The first-order valence-corrected chi connectivity index (χ1v) is 4.34. The van der Waals surface area contributed by atoms with Crippen LogP contribution in [0, 0.1) is 17.8 Å². The van der Waals surface area contributed by atoms with E-state index in [1.54, 1.807) is 0 Å². The Morgan fingerprint density at radius 3 is 2.33 bits per heavy atom. The summed E-state index contributed by atoms with van der Waals surface area (Å²) in [5, 5.41) is 0. The number of hydrogen-bond acceptors (Lipinski definition) is 1. The van der Waals surface area contributed by atoms with Crippen LogP contribution in [0.4, 0.5) is 13.2 Å². The van der Waals surface area contributed by atoms with Crippen LogP contribution in [0.3, 0.4) is 0 Å². The first-order valence-electron chi connectivity index (χ1n) is 4.34. The first-order chi connectivity index (χ1) is 5.52. The van der Waals surface area contributed by atoms with Gasteiger partial charge in [-0.2, -0.15) is 13.2 Å². The molecule has 0 aromatic heterocycles. The van der Waals surface area contributed by atoms with Crippen LogP contribution < -0.4 is 5.73 Å². The number of hydrogen-bond donors (Lipinski definition) is 1. The molecule has 0 radical (unpaired) electrons. The first kappa shape index (κ1) is 8.35. The van der Waals surface area contributed by atoms with Gasteiger partial charge in [0.2, 0.25) is 0 Å². The zero-order valence-electron chi connectivity index (χ0n) is 6.64. The lowest BCUT2D eigenvalue weighted by Crippen LogP contribution is -2.27. The molecule has 2 saturated carbocycles. The van der Waals surface area contributed by atoms with Crippen LogP contribution in [-0.4, -0.2) is 12.2 Å². The van der Waals surface area contributed by atoms with Gasteiger partial charge in [0, 0.05) is 6.04 Å². The predicted octanol–water partition coefficient (Wildman–Crippen LogP) is 1.92. The van der Waals surface area contributed by atoms with Crippen molar-refractivity contribution in [2.24, 2.45) is 23.5 Å². The van der Waals surface area contributed by atoms with Gasteiger partial charge in [-0.1, -0.05) is 6.42 Å². The Morgan fingerprint density at radius 2 is 1.83 bits per heavy atom. The molecular formula is C8H12F3N. The monoisotopic (exact) mass is 179 g/mol. The average molecular weight is 179 g/mol. The molecule has 4 atom stereocenters. The van der Waals surface area contributed by atoms with Crippen molar-refractivity contribution in [3.63, 3.8) is 0 Å². The fourth-order valence-electron chi connectivity index (χ4n) is 2.60. The fraction of sp³-hybridized carbons (Fsp3) is 1.00. The highest BCUT2D eigenvalue weighted by molar-refractivity contribution is 5.07. The Kier molecular flexibility index (Phi) is 1.65. The quantitative estimate of drug-likeness (QED) is 0.604. The maximum atomic E-state index is 12.3. The van der Waals surface area contributed by atoms with Gasteiger partial charge in [-0.25, -0.2) is 0 Å². The van der Waals surface area contributed by atoms with E-state index in [9.17, 15) is 13.2 Å². The minimum Gasteiger partial charge on any atom is -0.327 e. The molecule has 0 bridgehead atoms. The minimum absolute atomic E-state index is 0.145. The van der Waals surface area contributed by atoms with Gasteiger partial charge in [-0.15, -0.1) is 0 Å². The van der Waals surface area contributed by atoms with Gasteiger partial charge in [0.05, 0.1) is 5.92 Å². The van der Waals surface area contributed by atoms with Crippen molar-refractivity contribution in [1.82, 2.24) is 0 Å². The Bertz CT molecular complexity index is 189. The van der Waals surface area contributed by atoms with E-state index < -0.39 is 12.1 Å². The SMILES string of the molecule is N[C@@H]1CCC[C@@H]2[C@H]1[C@@H]2C(F)(F)F. The Balaban J connectivity index is 2.05. The highest BCUT2D eigenvalue weighted by Gasteiger charge is 2.66. The molecule has 0 aromatic rings. The molecule has 2 N–H and O–H groups in total.